The summed E-state index contributed by atoms with van der Waals surface area (Å²) in [6, 6.07) is 5.53. The molecule has 0 saturated carbocycles. The Kier molecular flexibility index (Phi) is 5.64. The SMILES string of the molecule is COCCN1CCO[C@@H]2CCN(Cc3ccc(F)cc3C)C[C@H]21. The van der Waals surface area contributed by atoms with Gasteiger partial charge in [0.2, 0.25) is 0 Å². The molecule has 2 saturated heterocycles. The second-order valence-corrected chi connectivity index (χ2v) is 6.60. The summed E-state index contributed by atoms with van der Waals surface area (Å²) in [5, 5.41) is 0. The molecular weight excluding hydrogens is 295 g/mol. The number of morpholine rings is 1. The van der Waals surface area contributed by atoms with Crippen molar-refractivity contribution in [2.24, 2.45) is 0 Å². The van der Waals surface area contributed by atoms with Crippen LogP contribution < -0.4 is 0 Å². The zero-order chi connectivity index (χ0) is 16.2. The molecule has 2 fully saturated rings. The van der Waals surface area contributed by atoms with Crippen LogP contribution in [-0.2, 0) is 16.0 Å². The highest BCUT2D eigenvalue weighted by Crippen LogP contribution is 2.24. The lowest BCUT2D eigenvalue weighted by molar-refractivity contribution is -0.107. The Bertz CT molecular complexity index is 526. The van der Waals surface area contributed by atoms with Crippen LogP contribution in [0.1, 0.15) is 17.5 Å². The van der Waals surface area contributed by atoms with Crippen LogP contribution in [0.4, 0.5) is 4.39 Å². The molecule has 0 bridgehead atoms. The van der Waals surface area contributed by atoms with Crippen molar-refractivity contribution in [2.45, 2.75) is 32.0 Å². The van der Waals surface area contributed by atoms with Crippen molar-refractivity contribution in [3.63, 3.8) is 0 Å². The summed E-state index contributed by atoms with van der Waals surface area (Å²) in [5.41, 5.74) is 2.24. The van der Waals surface area contributed by atoms with E-state index >= 15 is 0 Å². The molecule has 0 unspecified atom stereocenters. The zero-order valence-corrected chi connectivity index (χ0v) is 14.1. The molecule has 4 nitrogen and oxygen atoms in total. The monoisotopic (exact) mass is 322 g/mol. The Labute approximate surface area is 138 Å². The van der Waals surface area contributed by atoms with Crippen molar-refractivity contribution in [1.29, 1.82) is 0 Å². The third-order valence-electron chi connectivity index (χ3n) is 5.06. The fraction of sp³-hybridized carbons (Fsp3) is 0.667. The number of nitrogens with zero attached hydrogens (tertiary/aromatic N) is 2. The Morgan fingerprint density at radius 2 is 2.22 bits per heavy atom. The predicted molar refractivity (Wildman–Crippen MR) is 88.0 cm³/mol. The van der Waals surface area contributed by atoms with Crippen molar-refractivity contribution in [3.05, 3.63) is 35.1 Å². The lowest BCUT2D eigenvalue weighted by Gasteiger charge is -2.47. The number of rotatable bonds is 5. The zero-order valence-electron chi connectivity index (χ0n) is 14.1. The summed E-state index contributed by atoms with van der Waals surface area (Å²) >= 11 is 0. The van der Waals surface area contributed by atoms with E-state index < -0.39 is 0 Å². The molecule has 3 rings (SSSR count). The normalized spacial score (nSPS) is 26.2. The number of fused-ring (bicyclic) bond motifs is 1. The number of likely N-dealkylation sites (tertiary alicyclic amines) is 1. The van der Waals surface area contributed by atoms with Gasteiger partial charge < -0.3 is 9.47 Å². The highest BCUT2D eigenvalue weighted by Gasteiger charge is 2.36. The molecule has 2 heterocycles. The Morgan fingerprint density at radius 3 is 3.00 bits per heavy atom. The molecule has 0 aliphatic carbocycles. The predicted octanol–water partition coefficient (Wildman–Crippen LogP) is 2.06. The number of ether oxygens (including phenoxy) is 2. The van der Waals surface area contributed by atoms with Gasteiger partial charge in [-0.2, -0.15) is 0 Å². The standard InChI is InChI=1S/C18H27FN2O2/c1-14-11-16(19)4-3-15(14)12-20-6-5-18-17(13-20)21(7-9-22-2)8-10-23-18/h3-4,11,17-18H,5-10,12-13H2,1-2H3/t17-,18-/m1/s1. The molecular formula is C18H27FN2O2. The first-order chi connectivity index (χ1) is 11.2. The number of hydrogen-bond donors (Lipinski definition) is 0. The van der Waals surface area contributed by atoms with E-state index in [0.29, 0.717) is 12.1 Å². The largest absolute Gasteiger partial charge is 0.383 e. The average molecular weight is 322 g/mol. The minimum Gasteiger partial charge on any atom is -0.383 e. The Hall–Kier alpha value is -1.01. The molecule has 0 spiro atoms. The van der Waals surface area contributed by atoms with Gasteiger partial charge in [0.25, 0.3) is 0 Å². The first kappa shape index (κ1) is 16.8. The van der Waals surface area contributed by atoms with E-state index in [4.69, 9.17) is 9.47 Å². The third kappa shape index (κ3) is 4.10. The lowest BCUT2D eigenvalue weighted by atomic mass is 9.97. The molecule has 0 amide bonds. The maximum Gasteiger partial charge on any atom is 0.123 e. The summed E-state index contributed by atoms with van der Waals surface area (Å²) in [4.78, 5) is 4.97. The van der Waals surface area contributed by atoms with Crippen LogP contribution in [0, 0.1) is 12.7 Å². The Morgan fingerprint density at radius 1 is 1.35 bits per heavy atom. The van der Waals surface area contributed by atoms with Crippen LogP contribution in [0.5, 0.6) is 0 Å². The van der Waals surface area contributed by atoms with Crippen molar-refractivity contribution in [1.82, 2.24) is 9.80 Å². The summed E-state index contributed by atoms with van der Waals surface area (Å²) in [5.74, 6) is -0.156. The topological polar surface area (TPSA) is 24.9 Å². The number of methoxy groups -OCH3 is 1. The highest BCUT2D eigenvalue weighted by molar-refractivity contribution is 5.26. The molecule has 0 aromatic heterocycles. The van der Waals surface area contributed by atoms with Crippen molar-refractivity contribution >= 4 is 0 Å². The second-order valence-electron chi connectivity index (χ2n) is 6.60. The summed E-state index contributed by atoms with van der Waals surface area (Å²) in [6.45, 7) is 8.44. The summed E-state index contributed by atoms with van der Waals surface area (Å²) < 4.78 is 24.5. The molecule has 2 aliphatic heterocycles. The van der Waals surface area contributed by atoms with Gasteiger partial charge in [-0.15, -0.1) is 0 Å². The van der Waals surface area contributed by atoms with Gasteiger partial charge in [-0.25, -0.2) is 4.39 Å². The van der Waals surface area contributed by atoms with Gasteiger partial charge in [0, 0.05) is 45.9 Å². The molecule has 1 aromatic rings. The van der Waals surface area contributed by atoms with E-state index in [2.05, 4.69) is 9.80 Å². The van der Waals surface area contributed by atoms with Gasteiger partial charge in [-0.1, -0.05) is 6.07 Å². The van der Waals surface area contributed by atoms with E-state index in [0.717, 1.165) is 57.9 Å². The highest BCUT2D eigenvalue weighted by atomic mass is 19.1. The van der Waals surface area contributed by atoms with Gasteiger partial charge >= 0.3 is 0 Å². The lowest BCUT2D eigenvalue weighted by Crippen LogP contribution is -2.60. The van der Waals surface area contributed by atoms with Crippen LogP contribution in [-0.4, -0.2) is 68.4 Å². The van der Waals surface area contributed by atoms with E-state index in [1.807, 2.05) is 13.0 Å². The first-order valence-corrected chi connectivity index (χ1v) is 8.49. The van der Waals surface area contributed by atoms with Crippen LogP contribution in [0.3, 0.4) is 0 Å². The number of aryl methyl sites for hydroxylation is 1. The van der Waals surface area contributed by atoms with Gasteiger partial charge in [0.05, 0.1) is 19.3 Å². The van der Waals surface area contributed by atoms with Crippen LogP contribution in [0.15, 0.2) is 18.2 Å². The molecule has 128 valence electrons. The smallest absolute Gasteiger partial charge is 0.123 e. The number of hydrogen-bond acceptors (Lipinski definition) is 4. The maximum absolute atomic E-state index is 13.3. The van der Waals surface area contributed by atoms with Crippen molar-refractivity contribution in [2.75, 3.05) is 46.5 Å². The molecule has 0 N–H and O–H groups in total. The van der Waals surface area contributed by atoms with Crippen LogP contribution in [0.2, 0.25) is 0 Å². The average Bonchev–Trinajstić information content (AvgIpc) is 2.55. The quantitative estimate of drug-likeness (QED) is 0.828. The summed E-state index contributed by atoms with van der Waals surface area (Å²) in [7, 11) is 1.75. The van der Waals surface area contributed by atoms with Gasteiger partial charge in [-0.3, -0.25) is 9.80 Å². The molecule has 2 atom stereocenters. The van der Waals surface area contributed by atoms with E-state index in [1.165, 1.54) is 5.56 Å². The van der Waals surface area contributed by atoms with E-state index in [1.54, 1.807) is 19.2 Å². The minimum absolute atomic E-state index is 0.156. The van der Waals surface area contributed by atoms with Crippen molar-refractivity contribution in [3.8, 4) is 0 Å². The fourth-order valence-corrected chi connectivity index (χ4v) is 3.72. The molecule has 2 aliphatic rings. The van der Waals surface area contributed by atoms with Gasteiger partial charge in [-0.05, 0) is 36.6 Å². The van der Waals surface area contributed by atoms with Gasteiger partial charge in [0.15, 0.2) is 0 Å². The summed E-state index contributed by atoms with van der Waals surface area (Å²) in [6.07, 6.45) is 1.40. The number of benzene rings is 1. The minimum atomic E-state index is -0.156. The fourth-order valence-electron chi connectivity index (χ4n) is 3.72. The second kappa shape index (κ2) is 7.71. The Balaban J connectivity index is 1.64. The van der Waals surface area contributed by atoms with E-state index in [-0.39, 0.29) is 5.82 Å². The first-order valence-electron chi connectivity index (χ1n) is 8.49. The van der Waals surface area contributed by atoms with Gasteiger partial charge in [0.1, 0.15) is 5.82 Å². The van der Waals surface area contributed by atoms with Crippen molar-refractivity contribution < 1.29 is 13.9 Å². The molecule has 1 aromatic carbocycles. The molecule has 23 heavy (non-hydrogen) atoms. The maximum atomic E-state index is 13.3. The van der Waals surface area contributed by atoms with Crippen LogP contribution >= 0.6 is 0 Å². The van der Waals surface area contributed by atoms with Crippen LogP contribution in [0.25, 0.3) is 0 Å². The number of piperidine rings is 1. The molecule has 5 heteroatoms. The third-order valence-corrected chi connectivity index (χ3v) is 5.06. The number of halogens is 1. The van der Waals surface area contributed by atoms with E-state index in [9.17, 15) is 4.39 Å². The molecule has 0 radical (unpaired) electrons.